The number of amides is 3. The molecule has 0 saturated heterocycles. The number of hydrogen-bond acceptors (Lipinski definition) is 2. The molecule has 2 aromatic rings. The van der Waals surface area contributed by atoms with E-state index >= 15 is 0 Å². The molecule has 5 nitrogen and oxygen atoms in total. The highest BCUT2D eigenvalue weighted by Gasteiger charge is 2.07. The number of hydrogen-bond donors (Lipinski definition) is 3. The van der Waals surface area contributed by atoms with Crippen molar-refractivity contribution in [2.75, 3.05) is 11.9 Å². The van der Waals surface area contributed by atoms with Crippen molar-refractivity contribution in [2.45, 2.75) is 19.9 Å². The lowest BCUT2D eigenvalue weighted by Gasteiger charge is -2.09. The summed E-state index contributed by atoms with van der Waals surface area (Å²) in [5.74, 6) is -0.175. The molecule has 3 amide bonds. The molecule has 2 rings (SSSR count). The fraction of sp³-hybridized carbons (Fsp3) is 0.222. The molecule has 120 valence electrons. The van der Waals surface area contributed by atoms with Crippen LogP contribution in [0, 0.1) is 0 Å². The molecule has 0 spiro atoms. The zero-order chi connectivity index (χ0) is 16.5. The van der Waals surface area contributed by atoms with Gasteiger partial charge in [-0.05, 0) is 30.2 Å². The zero-order valence-electron chi connectivity index (χ0n) is 13.1. The highest BCUT2D eigenvalue weighted by Crippen LogP contribution is 2.11. The van der Waals surface area contributed by atoms with Crippen LogP contribution in [0.15, 0.2) is 54.6 Å². The number of anilines is 1. The quantitative estimate of drug-likeness (QED) is 0.767. The van der Waals surface area contributed by atoms with Crippen molar-refractivity contribution in [3.05, 3.63) is 65.7 Å². The number of urea groups is 1. The SMILES string of the molecule is CCCNC(=O)Nc1cccc(C(=O)NCc2ccccc2)c1. The fourth-order valence-electron chi connectivity index (χ4n) is 2.03. The van der Waals surface area contributed by atoms with Gasteiger partial charge in [-0.15, -0.1) is 0 Å². The lowest BCUT2D eigenvalue weighted by atomic mass is 10.1. The van der Waals surface area contributed by atoms with Gasteiger partial charge in [-0.2, -0.15) is 0 Å². The van der Waals surface area contributed by atoms with E-state index in [1.165, 1.54) is 0 Å². The van der Waals surface area contributed by atoms with E-state index in [-0.39, 0.29) is 11.9 Å². The van der Waals surface area contributed by atoms with Crippen LogP contribution in [-0.4, -0.2) is 18.5 Å². The van der Waals surface area contributed by atoms with Crippen LogP contribution in [0.5, 0.6) is 0 Å². The Morgan fingerprint density at radius 1 is 0.957 bits per heavy atom. The topological polar surface area (TPSA) is 70.2 Å². The highest BCUT2D eigenvalue weighted by atomic mass is 16.2. The molecule has 23 heavy (non-hydrogen) atoms. The van der Waals surface area contributed by atoms with Gasteiger partial charge in [0.2, 0.25) is 0 Å². The second-order valence-corrected chi connectivity index (χ2v) is 5.13. The first kappa shape index (κ1) is 16.5. The predicted octanol–water partition coefficient (Wildman–Crippen LogP) is 3.15. The monoisotopic (exact) mass is 311 g/mol. The van der Waals surface area contributed by atoms with Crippen molar-refractivity contribution in [3.63, 3.8) is 0 Å². The molecule has 0 aromatic heterocycles. The first-order valence-electron chi connectivity index (χ1n) is 7.66. The molecule has 0 radical (unpaired) electrons. The van der Waals surface area contributed by atoms with Gasteiger partial charge in [0.1, 0.15) is 0 Å². The molecule has 0 saturated carbocycles. The summed E-state index contributed by atoms with van der Waals surface area (Å²) < 4.78 is 0. The fourth-order valence-corrected chi connectivity index (χ4v) is 2.03. The number of nitrogens with one attached hydrogen (secondary N) is 3. The van der Waals surface area contributed by atoms with Gasteiger partial charge in [0.05, 0.1) is 0 Å². The molecule has 0 atom stereocenters. The average Bonchev–Trinajstić information content (AvgIpc) is 2.59. The van der Waals surface area contributed by atoms with E-state index in [1.54, 1.807) is 24.3 Å². The second-order valence-electron chi connectivity index (χ2n) is 5.13. The van der Waals surface area contributed by atoms with E-state index in [0.717, 1.165) is 12.0 Å². The summed E-state index contributed by atoms with van der Waals surface area (Å²) in [4.78, 5) is 23.8. The maximum atomic E-state index is 12.2. The van der Waals surface area contributed by atoms with E-state index in [4.69, 9.17) is 0 Å². The molecular weight excluding hydrogens is 290 g/mol. The van der Waals surface area contributed by atoms with Gasteiger partial charge in [-0.1, -0.05) is 43.3 Å². The van der Waals surface area contributed by atoms with Crippen molar-refractivity contribution >= 4 is 17.6 Å². The maximum Gasteiger partial charge on any atom is 0.319 e. The third-order valence-corrected chi connectivity index (χ3v) is 3.21. The summed E-state index contributed by atoms with van der Waals surface area (Å²) >= 11 is 0. The van der Waals surface area contributed by atoms with Crippen molar-refractivity contribution in [3.8, 4) is 0 Å². The van der Waals surface area contributed by atoms with Gasteiger partial charge in [0.25, 0.3) is 5.91 Å². The molecule has 0 bridgehead atoms. The van der Waals surface area contributed by atoms with E-state index in [9.17, 15) is 9.59 Å². The van der Waals surface area contributed by atoms with Gasteiger partial charge in [-0.25, -0.2) is 4.79 Å². The Balaban J connectivity index is 1.93. The largest absolute Gasteiger partial charge is 0.348 e. The number of benzene rings is 2. The molecular formula is C18H21N3O2. The summed E-state index contributed by atoms with van der Waals surface area (Å²) in [6, 6.07) is 16.3. The Morgan fingerprint density at radius 3 is 2.48 bits per heavy atom. The van der Waals surface area contributed by atoms with E-state index < -0.39 is 0 Å². The third kappa shape index (κ3) is 5.47. The Hall–Kier alpha value is -2.82. The first-order valence-corrected chi connectivity index (χ1v) is 7.66. The van der Waals surface area contributed by atoms with Crippen molar-refractivity contribution in [1.82, 2.24) is 10.6 Å². The summed E-state index contributed by atoms with van der Waals surface area (Å²) in [5, 5.41) is 8.30. The lowest BCUT2D eigenvalue weighted by molar-refractivity contribution is 0.0951. The van der Waals surface area contributed by atoms with Crippen LogP contribution in [0.3, 0.4) is 0 Å². The van der Waals surface area contributed by atoms with Crippen molar-refractivity contribution in [1.29, 1.82) is 0 Å². The van der Waals surface area contributed by atoms with E-state index in [2.05, 4.69) is 16.0 Å². The summed E-state index contributed by atoms with van der Waals surface area (Å²) in [7, 11) is 0. The molecule has 0 heterocycles. The minimum atomic E-state index is -0.270. The van der Waals surface area contributed by atoms with Gasteiger partial charge >= 0.3 is 6.03 Å². The Kier molecular flexibility index (Phi) is 6.17. The molecule has 0 aliphatic carbocycles. The van der Waals surface area contributed by atoms with Crippen LogP contribution < -0.4 is 16.0 Å². The normalized spacial score (nSPS) is 9.96. The molecule has 5 heteroatoms. The summed E-state index contributed by atoms with van der Waals surface area (Å²) in [5.41, 5.74) is 2.13. The highest BCUT2D eigenvalue weighted by molar-refractivity contribution is 5.96. The van der Waals surface area contributed by atoms with Gasteiger partial charge in [0, 0.05) is 24.3 Å². The van der Waals surface area contributed by atoms with Gasteiger partial charge in [0.15, 0.2) is 0 Å². The minimum absolute atomic E-state index is 0.175. The van der Waals surface area contributed by atoms with Crippen LogP contribution in [-0.2, 0) is 6.54 Å². The van der Waals surface area contributed by atoms with Crippen LogP contribution >= 0.6 is 0 Å². The van der Waals surface area contributed by atoms with Crippen molar-refractivity contribution < 1.29 is 9.59 Å². The van der Waals surface area contributed by atoms with E-state index in [0.29, 0.717) is 24.3 Å². The average molecular weight is 311 g/mol. The summed E-state index contributed by atoms with van der Waals surface area (Å²) in [6.45, 7) is 3.06. The van der Waals surface area contributed by atoms with Gasteiger partial charge in [-0.3, -0.25) is 4.79 Å². The summed E-state index contributed by atoms with van der Waals surface area (Å²) in [6.07, 6.45) is 0.870. The Morgan fingerprint density at radius 2 is 1.74 bits per heavy atom. The minimum Gasteiger partial charge on any atom is -0.348 e. The van der Waals surface area contributed by atoms with E-state index in [1.807, 2.05) is 37.3 Å². The van der Waals surface area contributed by atoms with Crippen LogP contribution in [0.2, 0.25) is 0 Å². The molecule has 0 unspecified atom stereocenters. The van der Waals surface area contributed by atoms with Gasteiger partial charge < -0.3 is 16.0 Å². The standard InChI is InChI=1S/C18H21N3O2/c1-2-11-19-18(23)21-16-10-6-9-15(12-16)17(22)20-13-14-7-4-3-5-8-14/h3-10,12H,2,11,13H2,1H3,(H,20,22)(H2,19,21,23). The lowest BCUT2D eigenvalue weighted by Crippen LogP contribution is -2.29. The smallest absolute Gasteiger partial charge is 0.319 e. The Labute approximate surface area is 136 Å². The van der Waals surface area contributed by atoms with Crippen LogP contribution in [0.1, 0.15) is 29.3 Å². The first-order chi connectivity index (χ1) is 11.2. The molecule has 2 aromatic carbocycles. The zero-order valence-corrected chi connectivity index (χ0v) is 13.1. The third-order valence-electron chi connectivity index (χ3n) is 3.21. The molecule has 0 fully saturated rings. The second kappa shape index (κ2) is 8.58. The maximum absolute atomic E-state index is 12.2. The number of carbonyl (C=O) groups excluding carboxylic acids is 2. The number of carbonyl (C=O) groups is 2. The van der Waals surface area contributed by atoms with Crippen LogP contribution in [0.25, 0.3) is 0 Å². The van der Waals surface area contributed by atoms with Crippen molar-refractivity contribution in [2.24, 2.45) is 0 Å². The predicted molar refractivity (Wildman–Crippen MR) is 91.4 cm³/mol. The molecule has 0 aliphatic rings. The molecule has 3 N–H and O–H groups in total. The van der Waals surface area contributed by atoms with Crippen LogP contribution in [0.4, 0.5) is 10.5 Å². The Bertz CT molecular complexity index is 656. The number of rotatable bonds is 6. The molecule has 0 aliphatic heterocycles.